The SMILES string of the molecule is CCCCC=Cc1ccc(C(=O)O)cc1. The second kappa shape index (κ2) is 6.02. The Balaban J connectivity index is 2.56. The molecule has 0 aromatic heterocycles. The number of carbonyl (C=O) groups is 1. The van der Waals surface area contributed by atoms with Gasteiger partial charge in [-0.2, -0.15) is 0 Å². The van der Waals surface area contributed by atoms with E-state index in [1.807, 2.05) is 18.2 Å². The smallest absolute Gasteiger partial charge is 0.335 e. The van der Waals surface area contributed by atoms with Gasteiger partial charge in [0.15, 0.2) is 0 Å². The highest BCUT2D eigenvalue weighted by Crippen LogP contribution is 2.07. The first-order valence-electron chi connectivity index (χ1n) is 5.24. The maximum Gasteiger partial charge on any atom is 0.335 e. The molecule has 0 radical (unpaired) electrons. The molecule has 2 heteroatoms. The molecule has 0 bridgehead atoms. The molecule has 0 aliphatic heterocycles. The zero-order valence-corrected chi connectivity index (χ0v) is 8.94. The van der Waals surface area contributed by atoms with Crippen molar-refractivity contribution in [2.75, 3.05) is 0 Å². The Bertz CT molecular complexity index is 336. The lowest BCUT2D eigenvalue weighted by molar-refractivity contribution is 0.0697. The second-order valence-electron chi connectivity index (χ2n) is 3.47. The average Bonchev–Trinajstić information content (AvgIpc) is 2.25. The molecule has 0 atom stereocenters. The van der Waals surface area contributed by atoms with E-state index in [1.165, 1.54) is 12.8 Å². The van der Waals surface area contributed by atoms with Gasteiger partial charge < -0.3 is 5.11 Å². The van der Waals surface area contributed by atoms with Crippen LogP contribution in [0.3, 0.4) is 0 Å². The van der Waals surface area contributed by atoms with Gasteiger partial charge in [0.05, 0.1) is 5.56 Å². The molecule has 1 rings (SSSR count). The summed E-state index contributed by atoms with van der Waals surface area (Å²) in [6, 6.07) is 6.90. The largest absolute Gasteiger partial charge is 0.478 e. The number of benzene rings is 1. The normalized spacial score (nSPS) is 10.7. The standard InChI is InChI=1S/C13H16O2/c1-2-3-4-5-6-11-7-9-12(10-8-11)13(14)15/h5-10H,2-4H2,1H3,(H,14,15). The van der Waals surface area contributed by atoms with E-state index in [4.69, 9.17) is 5.11 Å². The van der Waals surface area contributed by atoms with Crippen molar-refractivity contribution >= 4 is 12.0 Å². The lowest BCUT2D eigenvalue weighted by Gasteiger charge is -1.95. The highest BCUT2D eigenvalue weighted by molar-refractivity contribution is 5.87. The third kappa shape index (κ3) is 3.98. The van der Waals surface area contributed by atoms with Crippen LogP contribution >= 0.6 is 0 Å². The number of hydrogen-bond acceptors (Lipinski definition) is 1. The Morgan fingerprint density at radius 3 is 2.53 bits per heavy atom. The fraction of sp³-hybridized carbons (Fsp3) is 0.308. The molecule has 0 amide bonds. The molecule has 15 heavy (non-hydrogen) atoms. The van der Waals surface area contributed by atoms with Crippen LogP contribution in [0.2, 0.25) is 0 Å². The summed E-state index contributed by atoms with van der Waals surface area (Å²) in [5, 5.41) is 8.70. The van der Waals surface area contributed by atoms with Gasteiger partial charge >= 0.3 is 5.97 Å². The Kier molecular flexibility index (Phi) is 4.61. The summed E-state index contributed by atoms with van der Waals surface area (Å²) in [5.41, 5.74) is 1.39. The number of unbranched alkanes of at least 4 members (excludes halogenated alkanes) is 2. The molecule has 1 aromatic rings. The third-order valence-corrected chi connectivity index (χ3v) is 2.19. The van der Waals surface area contributed by atoms with Crippen molar-refractivity contribution in [3.05, 3.63) is 41.5 Å². The number of aromatic carboxylic acids is 1. The van der Waals surface area contributed by atoms with Crippen LogP contribution < -0.4 is 0 Å². The van der Waals surface area contributed by atoms with E-state index in [2.05, 4.69) is 13.0 Å². The topological polar surface area (TPSA) is 37.3 Å². The number of hydrogen-bond donors (Lipinski definition) is 1. The molecule has 0 unspecified atom stereocenters. The molecule has 2 nitrogen and oxygen atoms in total. The molecule has 1 N–H and O–H groups in total. The minimum absolute atomic E-state index is 0.334. The predicted octanol–water partition coefficient (Wildman–Crippen LogP) is 3.59. The first-order valence-corrected chi connectivity index (χ1v) is 5.24. The summed E-state index contributed by atoms with van der Waals surface area (Å²) in [7, 11) is 0. The highest BCUT2D eigenvalue weighted by atomic mass is 16.4. The first kappa shape index (κ1) is 11.5. The fourth-order valence-corrected chi connectivity index (χ4v) is 1.28. The van der Waals surface area contributed by atoms with Crippen LogP contribution in [0.15, 0.2) is 30.3 Å². The molecule has 0 heterocycles. The lowest BCUT2D eigenvalue weighted by atomic mass is 10.1. The second-order valence-corrected chi connectivity index (χ2v) is 3.47. The van der Waals surface area contributed by atoms with Crippen molar-refractivity contribution in [2.45, 2.75) is 26.2 Å². The van der Waals surface area contributed by atoms with Gasteiger partial charge in [0.1, 0.15) is 0 Å². The van der Waals surface area contributed by atoms with Gasteiger partial charge in [-0.1, -0.05) is 44.1 Å². The quantitative estimate of drug-likeness (QED) is 0.744. The molecule has 0 aliphatic rings. The van der Waals surface area contributed by atoms with Crippen molar-refractivity contribution in [2.24, 2.45) is 0 Å². The molecule has 0 spiro atoms. The molecular weight excluding hydrogens is 188 g/mol. The van der Waals surface area contributed by atoms with E-state index in [0.717, 1.165) is 12.0 Å². The minimum atomic E-state index is -0.878. The minimum Gasteiger partial charge on any atom is -0.478 e. The Labute approximate surface area is 90.3 Å². The van der Waals surface area contributed by atoms with Gasteiger partial charge in [0.2, 0.25) is 0 Å². The Morgan fingerprint density at radius 1 is 1.33 bits per heavy atom. The average molecular weight is 204 g/mol. The molecule has 0 saturated heterocycles. The summed E-state index contributed by atoms with van der Waals surface area (Å²) < 4.78 is 0. The van der Waals surface area contributed by atoms with Gasteiger partial charge in [-0.3, -0.25) is 0 Å². The lowest BCUT2D eigenvalue weighted by Crippen LogP contribution is -1.94. The molecule has 80 valence electrons. The number of carboxylic acid groups (broad SMARTS) is 1. The van der Waals surface area contributed by atoms with Gasteiger partial charge in [0.25, 0.3) is 0 Å². The maximum atomic E-state index is 10.6. The Morgan fingerprint density at radius 2 is 2.00 bits per heavy atom. The zero-order valence-electron chi connectivity index (χ0n) is 8.94. The third-order valence-electron chi connectivity index (χ3n) is 2.19. The summed E-state index contributed by atoms with van der Waals surface area (Å²) in [5.74, 6) is -0.878. The predicted molar refractivity (Wildman–Crippen MR) is 62.0 cm³/mol. The van der Waals surface area contributed by atoms with E-state index in [-0.39, 0.29) is 0 Å². The summed E-state index contributed by atoms with van der Waals surface area (Å²) >= 11 is 0. The van der Waals surface area contributed by atoms with E-state index in [9.17, 15) is 4.79 Å². The van der Waals surface area contributed by atoms with Crippen molar-refractivity contribution in [3.63, 3.8) is 0 Å². The van der Waals surface area contributed by atoms with Crippen LogP contribution in [0.25, 0.3) is 6.08 Å². The van der Waals surface area contributed by atoms with Crippen molar-refractivity contribution in [3.8, 4) is 0 Å². The fourth-order valence-electron chi connectivity index (χ4n) is 1.28. The van der Waals surface area contributed by atoms with E-state index in [1.54, 1.807) is 12.1 Å². The number of allylic oxidation sites excluding steroid dienone is 1. The number of rotatable bonds is 5. The zero-order chi connectivity index (χ0) is 11.1. The van der Waals surface area contributed by atoms with Gasteiger partial charge in [-0.05, 0) is 24.1 Å². The van der Waals surface area contributed by atoms with Gasteiger partial charge in [-0.15, -0.1) is 0 Å². The van der Waals surface area contributed by atoms with Crippen molar-refractivity contribution in [1.29, 1.82) is 0 Å². The van der Waals surface area contributed by atoms with Crippen LogP contribution in [-0.2, 0) is 0 Å². The van der Waals surface area contributed by atoms with Crippen molar-refractivity contribution < 1.29 is 9.90 Å². The first-order chi connectivity index (χ1) is 7.24. The van der Waals surface area contributed by atoms with Crippen LogP contribution in [0.4, 0.5) is 0 Å². The molecular formula is C13H16O2. The van der Waals surface area contributed by atoms with Crippen LogP contribution in [0, 0.1) is 0 Å². The van der Waals surface area contributed by atoms with Crippen LogP contribution in [0.5, 0.6) is 0 Å². The monoisotopic (exact) mass is 204 g/mol. The van der Waals surface area contributed by atoms with E-state index >= 15 is 0 Å². The van der Waals surface area contributed by atoms with Crippen molar-refractivity contribution in [1.82, 2.24) is 0 Å². The van der Waals surface area contributed by atoms with Gasteiger partial charge in [-0.25, -0.2) is 4.79 Å². The van der Waals surface area contributed by atoms with Crippen LogP contribution in [-0.4, -0.2) is 11.1 Å². The van der Waals surface area contributed by atoms with Gasteiger partial charge in [0, 0.05) is 0 Å². The number of carboxylic acids is 1. The molecule has 0 saturated carbocycles. The highest BCUT2D eigenvalue weighted by Gasteiger charge is 1.99. The molecule has 0 fully saturated rings. The van der Waals surface area contributed by atoms with E-state index in [0.29, 0.717) is 5.56 Å². The molecule has 0 aliphatic carbocycles. The van der Waals surface area contributed by atoms with E-state index < -0.39 is 5.97 Å². The summed E-state index contributed by atoms with van der Waals surface area (Å²) in [6.45, 7) is 2.16. The summed E-state index contributed by atoms with van der Waals surface area (Å²) in [4.78, 5) is 10.6. The van der Waals surface area contributed by atoms with Crippen LogP contribution in [0.1, 0.15) is 42.1 Å². The summed E-state index contributed by atoms with van der Waals surface area (Å²) in [6.07, 6.45) is 7.63. The molecule has 1 aromatic carbocycles. The maximum absolute atomic E-state index is 10.6. The Hall–Kier alpha value is -1.57.